The number of nitrogen functional groups attached to an aromatic ring is 1. The number of oxazole rings is 2. The van der Waals surface area contributed by atoms with Gasteiger partial charge in [0.25, 0.3) is 11.8 Å². The van der Waals surface area contributed by atoms with E-state index in [1.54, 1.807) is 44.3 Å². The highest BCUT2D eigenvalue weighted by atomic mass is 35.5. The Labute approximate surface area is 319 Å². The Morgan fingerprint density at radius 2 is 1.37 bits per heavy atom. The molecule has 0 saturated carbocycles. The number of nitrogens with two attached hydrogens (primary N) is 1. The number of rotatable bonds is 11. The number of nitrogens with one attached hydrogen (secondary N) is 3. The van der Waals surface area contributed by atoms with Crippen molar-refractivity contribution in [1.82, 2.24) is 26.2 Å². The predicted molar refractivity (Wildman–Crippen MR) is 195 cm³/mol. The molecule has 2 aromatic heterocycles. The van der Waals surface area contributed by atoms with Crippen molar-refractivity contribution in [2.24, 2.45) is 5.84 Å². The fourth-order valence-electron chi connectivity index (χ4n) is 5.07. The van der Waals surface area contributed by atoms with Crippen molar-refractivity contribution in [2.75, 3.05) is 20.1 Å². The first-order chi connectivity index (χ1) is 25.3. The van der Waals surface area contributed by atoms with Crippen LogP contribution in [0.15, 0.2) is 81.9 Å². The lowest BCUT2D eigenvalue weighted by atomic mass is 9.92. The number of hydrazine groups is 2. The molecule has 0 bridgehead atoms. The van der Waals surface area contributed by atoms with Crippen molar-refractivity contribution < 1.29 is 45.9 Å². The van der Waals surface area contributed by atoms with E-state index in [0.717, 1.165) is 17.7 Å². The maximum absolute atomic E-state index is 13.1. The van der Waals surface area contributed by atoms with Crippen LogP contribution < -0.4 is 31.6 Å². The summed E-state index contributed by atoms with van der Waals surface area (Å²) in [6.45, 7) is 3.45. The topological polar surface area (TPSA) is 184 Å². The Balaban J connectivity index is 0.000000347. The number of ether oxygens (including phenoxy) is 2. The van der Waals surface area contributed by atoms with Crippen LogP contribution >= 0.6 is 24.0 Å². The number of methoxy groups -OCH3 is 2. The van der Waals surface area contributed by atoms with Gasteiger partial charge in [0.15, 0.2) is 23.3 Å². The van der Waals surface area contributed by atoms with Crippen LogP contribution in [0.25, 0.3) is 22.6 Å². The first kappa shape index (κ1) is 42.8. The summed E-state index contributed by atoms with van der Waals surface area (Å²) in [4.78, 5) is 44.9. The Morgan fingerprint density at radius 1 is 0.833 bits per heavy atom. The lowest BCUT2D eigenvalue weighted by molar-refractivity contribution is -0.137. The highest BCUT2D eigenvalue weighted by Crippen LogP contribution is 2.34. The van der Waals surface area contributed by atoms with Gasteiger partial charge in [-0.05, 0) is 60.9 Å². The third-order valence-corrected chi connectivity index (χ3v) is 7.96. The van der Waals surface area contributed by atoms with E-state index < -0.39 is 29.5 Å². The van der Waals surface area contributed by atoms with E-state index in [4.69, 9.17) is 35.8 Å². The second kappa shape index (κ2) is 19.5. The summed E-state index contributed by atoms with van der Waals surface area (Å²) in [7, 11) is 2.95. The Hall–Kier alpha value is -5.58. The average molecular weight is 794 g/mol. The number of halogens is 5. The first-order valence-electron chi connectivity index (χ1n) is 15.9. The summed E-state index contributed by atoms with van der Waals surface area (Å²) in [5, 5.41) is 0. The zero-order valence-corrected chi connectivity index (χ0v) is 30.9. The normalized spacial score (nSPS) is 11.3. The number of hydrogen-bond donors (Lipinski definition) is 4. The molecule has 13 nitrogen and oxygen atoms in total. The first-order valence-corrected chi connectivity index (χ1v) is 16.4. The summed E-state index contributed by atoms with van der Waals surface area (Å²) >= 11 is 5.73. The second-order valence-corrected chi connectivity index (χ2v) is 11.6. The van der Waals surface area contributed by atoms with E-state index in [0.29, 0.717) is 52.3 Å². The molecule has 1 unspecified atom stereocenters. The van der Waals surface area contributed by atoms with Crippen LogP contribution in [-0.4, -0.2) is 47.8 Å². The average Bonchev–Trinajstić information content (AvgIpc) is 3.80. The van der Waals surface area contributed by atoms with Crippen LogP contribution in [0.2, 0.25) is 0 Å². The van der Waals surface area contributed by atoms with Gasteiger partial charge in [0.1, 0.15) is 11.5 Å². The van der Waals surface area contributed by atoms with Crippen LogP contribution in [0.5, 0.6) is 11.5 Å². The second-order valence-electron chi connectivity index (χ2n) is 11.2. The summed E-state index contributed by atoms with van der Waals surface area (Å²) in [6, 6.07) is 14.1. The number of hydrogen-bond acceptors (Lipinski definition) is 10. The monoisotopic (exact) mass is 792 g/mol. The zero-order valence-electron chi connectivity index (χ0n) is 29.4. The van der Waals surface area contributed by atoms with Crippen LogP contribution in [0.4, 0.5) is 13.2 Å². The molecular formula is C36H37Cl2F3N6O7. The Morgan fingerprint density at radius 3 is 1.81 bits per heavy atom. The van der Waals surface area contributed by atoms with Crippen LogP contribution in [0, 0.1) is 13.8 Å². The number of nitrogens with zero attached hydrogens (tertiary/aromatic N) is 2. The molecule has 0 fully saturated rings. The molecule has 0 radical (unpaired) electrons. The summed E-state index contributed by atoms with van der Waals surface area (Å²) < 4.78 is 60.9. The van der Waals surface area contributed by atoms with E-state index in [9.17, 15) is 27.6 Å². The molecule has 54 heavy (non-hydrogen) atoms. The zero-order chi connectivity index (χ0) is 38.7. The Kier molecular flexibility index (Phi) is 15.5. The molecule has 5 N–H and O–H groups in total. The number of alkyl halides is 4. The predicted octanol–water partition coefficient (Wildman–Crippen LogP) is 6.93. The van der Waals surface area contributed by atoms with Crippen molar-refractivity contribution in [1.29, 1.82) is 0 Å². The van der Waals surface area contributed by atoms with Crippen molar-refractivity contribution in [3.63, 3.8) is 0 Å². The summed E-state index contributed by atoms with van der Waals surface area (Å²) in [6.07, 6.45) is -0.819. The maximum Gasteiger partial charge on any atom is 0.416 e. The number of carbonyl (C=O) groups excluding carboxylic acids is 3. The van der Waals surface area contributed by atoms with Crippen molar-refractivity contribution in [2.45, 2.75) is 38.8 Å². The molecule has 0 saturated heterocycles. The van der Waals surface area contributed by atoms with Gasteiger partial charge in [0.2, 0.25) is 5.91 Å². The molecule has 1 atom stereocenters. The van der Waals surface area contributed by atoms with Gasteiger partial charge < -0.3 is 18.3 Å². The molecular weight excluding hydrogens is 756 g/mol. The smallest absolute Gasteiger partial charge is 0.416 e. The standard InChI is InChI=1S/C24H23ClF3N3O4.C12H13N3O3.ClH/c1-14-29-13-21(35-14)19-9-8-16(12-20(19)34-2)22(32)30-31-23(33)18(7-4-10-25)15-5-3-6-17(11-15)24(26,27)28;1-7-14-6-11(18-7)9-4-3-8(12(16)15-13)5-10(9)17-2;/h3,5-6,8-9,11-13,18H,4,7,10H2,1-2H3,(H,30,32)(H,31,33);3-6H,13H2,1-2H3,(H,15,16);1H. The minimum Gasteiger partial charge on any atom is -0.496 e. The lowest BCUT2D eigenvalue weighted by Gasteiger charge is -2.19. The fraction of sp³-hybridized carbons (Fsp3) is 0.250. The molecule has 3 aromatic carbocycles. The summed E-state index contributed by atoms with van der Waals surface area (Å²) in [5.41, 5.74) is 7.88. The van der Waals surface area contributed by atoms with Crippen molar-refractivity contribution in [3.8, 4) is 34.1 Å². The summed E-state index contributed by atoms with van der Waals surface area (Å²) in [5.74, 6) is 5.63. The van der Waals surface area contributed by atoms with Gasteiger partial charge in [-0.3, -0.25) is 30.7 Å². The molecule has 0 aliphatic heterocycles. The maximum atomic E-state index is 13.1. The number of aryl methyl sites for hydroxylation is 2. The minimum atomic E-state index is -4.55. The van der Waals surface area contributed by atoms with Crippen molar-refractivity contribution >= 4 is 41.7 Å². The molecule has 0 aliphatic rings. The molecule has 0 aliphatic carbocycles. The highest BCUT2D eigenvalue weighted by molar-refractivity contribution is 6.17. The number of amides is 3. The van der Waals surface area contributed by atoms with Gasteiger partial charge in [-0.2, -0.15) is 13.2 Å². The molecule has 18 heteroatoms. The van der Waals surface area contributed by atoms with Crippen LogP contribution in [-0.2, 0) is 11.0 Å². The third-order valence-electron chi connectivity index (χ3n) is 7.69. The van der Waals surface area contributed by atoms with Gasteiger partial charge in [-0.25, -0.2) is 15.8 Å². The molecule has 288 valence electrons. The third kappa shape index (κ3) is 11.0. The molecule has 5 rings (SSSR count). The lowest BCUT2D eigenvalue weighted by Crippen LogP contribution is -2.44. The van der Waals surface area contributed by atoms with E-state index in [1.807, 2.05) is 0 Å². The minimum absolute atomic E-state index is 0. The van der Waals surface area contributed by atoms with Gasteiger partial charge >= 0.3 is 6.18 Å². The van der Waals surface area contributed by atoms with Gasteiger partial charge in [0.05, 0.1) is 49.2 Å². The molecule has 3 amide bonds. The molecule has 5 aromatic rings. The fourth-order valence-corrected chi connectivity index (χ4v) is 5.22. The number of aromatic nitrogens is 2. The number of benzene rings is 3. The van der Waals surface area contributed by atoms with Crippen LogP contribution in [0.1, 0.15) is 62.4 Å². The van der Waals surface area contributed by atoms with E-state index in [2.05, 4.69) is 26.2 Å². The van der Waals surface area contributed by atoms with Crippen LogP contribution in [0.3, 0.4) is 0 Å². The van der Waals surface area contributed by atoms with Gasteiger partial charge in [-0.15, -0.1) is 24.0 Å². The SMILES string of the molecule is COc1cc(C(=O)NN)ccc1-c1cnc(C)o1.COc1cc(C(=O)NNC(=O)C(CCCCl)c2cccc(C(F)(F)F)c2)ccc1-c1cnc(C)o1.Cl. The van der Waals surface area contributed by atoms with Crippen molar-refractivity contribution in [3.05, 3.63) is 107 Å². The van der Waals surface area contributed by atoms with E-state index in [1.165, 1.54) is 44.7 Å². The van der Waals surface area contributed by atoms with E-state index >= 15 is 0 Å². The van der Waals surface area contributed by atoms with Gasteiger partial charge in [-0.1, -0.05) is 18.2 Å². The number of carbonyl (C=O) groups is 3. The highest BCUT2D eigenvalue weighted by Gasteiger charge is 2.32. The Bertz CT molecular complexity index is 2050. The molecule has 2 heterocycles. The molecule has 0 spiro atoms. The van der Waals surface area contributed by atoms with Gasteiger partial charge in [0, 0.05) is 30.9 Å². The quantitative estimate of drug-likeness (QED) is 0.0474. The van der Waals surface area contributed by atoms with E-state index in [-0.39, 0.29) is 41.7 Å². The largest absolute Gasteiger partial charge is 0.496 e.